The third-order valence-corrected chi connectivity index (χ3v) is 4.04. The lowest BCUT2D eigenvalue weighted by Crippen LogP contribution is -2.50. The average molecular weight is 296 g/mol. The predicted octanol–water partition coefficient (Wildman–Crippen LogP) is 2.70. The average Bonchev–Trinajstić information content (AvgIpc) is 2.42. The summed E-state index contributed by atoms with van der Waals surface area (Å²) >= 11 is 5.86. The quantitative estimate of drug-likeness (QED) is 0.803. The van der Waals surface area contributed by atoms with E-state index in [2.05, 4.69) is 18.2 Å². The van der Waals surface area contributed by atoms with Crippen LogP contribution in [0, 0.1) is 13.8 Å². The van der Waals surface area contributed by atoms with Crippen molar-refractivity contribution in [1.82, 2.24) is 4.90 Å². The molecule has 2 unspecified atom stereocenters. The predicted molar refractivity (Wildman–Crippen MR) is 81.3 cm³/mol. The summed E-state index contributed by atoms with van der Waals surface area (Å²) in [6.07, 6.45) is 0.452. The number of carbonyl (C=O) groups excluding carboxylic acids is 1. The summed E-state index contributed by atoms with van der Waals surface area (Å²) in [6, 6.07) is 6.24. The van der Waals surface area contributed by atoms with E-state index in [1.54, 1.807) is 0 Å². The second kappa shape index (κ2) is 6.59. The Morgan fingerprint density at radius 3 is 2.85 bits per heavy atom. The van der Waals surface area contributed by atoms with E-state index >= 15 is 0 Å². The Labute approximate surface area is 125 Å². The number of hydrogen-bond acceptors (Lipinski definition) is 2. The van der Waals surface area contributed by atoms with Gasteiger partial charge in [0.15, 0.2) is 0 Å². The van der Waals surface area contributed by atoms with Gasteiger partial charge < -0.3 is 9.64 Å². The van der Waals surface area contributed by atoms with Crippen molar-refractivity contribution >= 4 is 17.5 Å². The van der Waals surface area contributed by atoms with Crippen LogP contribution in [0.3, 0.4) is 0 Å². The van der Waals surface area contributed by atoms with Crippen LogP contribution < -0.4 is 0 Å². The van der Waals surface area contributed by atoms with Crippen molar-refractivity contribution in [3.8, 4) is 0 Å². The number of nitrogens with zero attached hydrogens (tertiary/aromatic N) is 1. The highest BCUT2D eigenvalue weighted by molar-refractivity contribution is 6.18. The van der Waals surface area contributed by atoms with Gasteiger partial charge in [-0.3, -0.25) is 4.79 Å². The molecule has 0 bridgehead atoms. The smallest absolute Gasteiger partial charge is 0.227 e. The van der Waals surface area contributed by atoms with Crippen LogP contribution in [0.5, 0.6) is 0 Å². The van der Waals surface area contributed by atoms with E-state index in [0.29, 0.717) is 25.4 Å². The zero-order valence-corrected chi connectivity index (χ0v) is 13.1. The lowest BCUT2D eigenvalue weighted by Gasteiger charge is -2.36. The molecule has 2 rings (SSSR count). The maximum atomic E-state index is 12.5. The highest BCUT2D eigenvalue weighted by Gasteiger charge is 2.27. The summed E-state index contributed by atoms with van der Waals surface area (Å²) in [7, 11) is 0. The second-order valence-corrected chi connectivity index (χ2v) is 5.94. The summed E-state index contributed by atoms with van der Waals surface area (Å²) < 4.78 is 5.68. The molecule has 20 heavy (non-hydrogen) atoms. The van der Waals surface area contributed by atoms with Gasteiger partial charge in [-0.2, -0.15) is 0 Å². The zero-order chi connectivity index (χ0) is 14.7. The molecule has 0 N–H and O–H groups in total. The van der Waals surface area contributed by atoms with Gasteiger partial charge in [-0.05, 0) is 31.9 Å². The Kier molecular flexibility index (Phi) is 5.06. The summed E-state index contributed by atoms with van der Waals surface area (Å²) in [6.45, 7) is 7.32. The number of amides is 1. The Balaban J connectivity index is 2.05. The number of morpholine rings is 1. The summed E-state index contributed by atoms with van der Waals surface area (Å²) in [5.41, 5.74) is 3.46. The standard InChI is InChI=1S/C16H22ClNO2/c1-11-4-5-12(2)14(6-11)7-16(19)18-9-13(3)20-15(8-17)10-18/h4-6,13,15H,7-10H2,1-3H3. The first-order chi connectivity index (χ1) is 9.49. The number of aryl methyl sites for hydroxylation is 2. The van der Waals surface area contributed by atoms with Crippen LogP contribution in [0.2, 0.25) is 0 Å². The molecule has 0 spiro atoms. The van der Waals surface area contributed by atoms with Crippen LogP contribution in [-0.4, -0.2) is 42.0 Å². The molecule has 2 atom stereocenters. The number of rotatable bonds is 3. The molecule has 0 aliphatic carbocycles. The number of benzene rings is 1. The molecule has 4 heteroatoms. The summed E-state index contributed by atoms with van der Waals surface area (Å²) in [4.78, 5) is 14.3. The van der Waals surface area contributed by atoms with Crippen molar-refractivity contribution < 1.29 is 9.53 Å². The molecule has 1 fully saturated rings. The van der Waals surface area contributed by atoms with Gasteiger partial charge in [0.25, 0.3) is 0 Å². The summed E-state index contributed by atoms with van der Waals surface area (Å²) in [5, 5.41) is 0. The van der Waals surface area contributed by atoms with Gasteiger partial charge in [-0.1, -0.05) is 23.8 Å². The van der Waals surface area contributed by atoms with Crippen LogP contribution in [0.15, 0.2) is 18.2 Å². The van der Waals surface area contributed by atoms with Crippen LogP contribution in [0.1, 0.15) is 23.6 Å². The Bertz CT molecular complexity index is 489. The highest BCUT2D eigenvalue weighted by atomic mass is 35.5. The number of carbonyl (C=O) groups is 1. The third-order valence-electron chi connectivity index (χ3n) is 3.70. The maximum Gasteiger partial charge on any atom is 0.227 e. The molecule has 1 heterocycles. The minimum atomic E-state index is -0.0528. The van der Waals surface area contributed by atoms with Crippen molar-refractivity contribution in [3.05, 3.63) is 34.9 Å². The van der Waals surface area contributed by atoms with E-state index in [1.165, 1.54) is 11.1 Å². The van der Waals surface area contributed by atoms with Crippen molar-refractivity contribution in [2.45, 2.75) is 39.4 Å². The van der Waals surface area contributed by atoms with Crippen LogP contribution in [0.4, 0.5) is 0 Å². The van der Waals surface area contributed by atoms with E-state index in [-0.39, 0.29) is 18.1 Å². The molecule has 0 aromatic heterocycles. The number of ether oxygens (including phenoxy) is 1. The van der Waals surface area contributed by atoms with Crippen LogP contribution >= 0.6 is 11.6 Å². The first-order valence-corrected chi connectivity index (χ1v) is 7.58. The molecule has 1 aliphatic heterocycles. The van der Waals surface area contributed by atoms with Crippen molar-refractivity contribution in [2.24, 2.45) is 0 Å². The first kappa shape index (κ1) is 15.3. The number of hydrogen-bond donors (Lipinski definition) is 0. The number of alkyl halides is 1. The minimum Gasteiger partial charge on any atom is -0.370 e. The largest absolute Gasteiger partial charge is 0.370 e. The second-order valence-electron chi connectivity index (χ2n) is 5.63. The van der Waals surface area contributed by atoms with Crippen molar-refractivity contribution in [2.75, 3.05) is 19.0 Å². The molecule has 0 saturated carbocycles. The van der Waals surface area contributed by atoms with Crippen molar-refractivity contribution in [3.63, 3.8) is 0 Å². The molecule has 1 aliphatic rings. The fourth-order valence-electron chi connectivity index (χ4n) is 2.60. The SMILES string of the molecule is Cc1ccc(C)c(CC(=O)N2CC(C)OC(CCl)C2)c1. The topological polar surface area (TPSA) is 29.5 Å². The van der Waals surface area contributed by atoms with Gasteiger partial charge in [0, 0.05) is 13.1 Å². The van der Waals surface area contributed by atoms with E-state index in [9.17, 15) is 4.79 Å². The van der Waals surface area contributed by atoms with Crippen LogP contribution in [0.25, 0.3) is 0 Å². The van der Waals surface area contributed by atoms with Crippen LogP contribution in [-0.2, 0) is 16.0 Å². The highest BCUT2D eigenvalue weighted by Crippen LogP contribution is 2.16. The Morgan fingerprint density at radius 1 is 1.40 bits per heavy atom. The lowest BCUT2D eigenvalue weighted by atomic mass is 10.0. The summed E-state index contributed by atoms with van der Waals surface area (Å²) in [5.74, 6) is 0.585. The fraction of sp³-hybridized carbons (Fsp3) is 0.562. The first-order valence-electron chi connectivity index (χ1n) is 7.05. The molecule has 1 saturated heterocycles. The minimum absolute atomic E-state index is 0.0510. The maximum absolute atomic E-state index is 12.5. The van der Waals surface area contributed by atoms with E-state index < -0.39 is 0 Å². The molecular formula is C16H22ClNO2. The Hall–Kier alpha value is -1.06. The number of halogens is 1. The van der Waals surface area contributed by atoms with Gasteiger partial charge in [-0.25, -0.2) is 0 Å². The molecule has 0 radical (unpaired) electrons. The monoisotopic (exact) mass is 295 g/mol. The van der Waals surface area contributed by atoms with Gasteiger partial charge in [0.05, 0.1) is 24.5 Å². The van der Waals surface area contributed by atoms with Gasteiger partial charge in [0.2, 0.25) is 5.91 Å². The van der Waals surface area contributed by atoms with Gasteiger partial charge in [-0.15, -0.1) is 11.6 Å². The molecule has 1 aromatic carbocycles. The third kappa shape index (κ3) is 3.74. The Morgan fingerprint density at radius 2 is 2.15 bits per heavy atom. The molecule has 110 valence electrons. The van der Waals surface area contributed by atoms with E-state index in [0.717, 1.165) is 5.56 Å². The lowest BCUT2D eigenvalue weighted by molar-refractivity contribution is -0.142. The van der Waals surface area contributed by atoms with E-state index in [4.69, 9.17) is 16.3 Å². The van der Waals surface area contributed by atoms with Crippen molar-refractivity contribution in [1.29, 1.82) is 0 Å². The molecular weight excluding hydrogens is 274 g/mol. The molecule has 3 nitrogen and oxygen atoms in total. The normalized spacial score (nSPS) is 22.9. The van der Waals surface area contributed by atoms with Gasteiger partial charge in [0.1, 0.15) is 0 Å². The fourth-order valence-corrected chi connectivity index (χ4v) is 2.77. The molecule has 1 aromatic rings. The van der Waals surface area contributed by atoms with Gasteiger partial charge >= 0.3 is 0 Å². The molecule has 1 amide bonds. The zero-order valence-electron chi connectivity index (χ0n) is 12.4. The van der Waals surface area contributed by atoms with E-state index in [1.807, 2.05) is 25.7 Å².